The Balaban J connectivity index is 1.67. The van der Waals surface area contributed by atoms with Gasteiger partial charge in [0.05, 0.1) is 5.92 Å². The Morgan fingerprint density at radius 2 is 1.94 bits per heavy atom. The van der Waals surface area contributed by atoms with Crippen LogP contribution in [0.1, 0.15) is 25.7 Å². The quantitative estimate of drug-likeness (QED) is 0.812. The first kappa shape index (κ1) is 12.3. The predicted octanol–water partition coefficient (Wildman–Crippen LogP) is 1.35. The number of rotatable bonds is 3. The maximum absolute atomic E-state index is 12.1. The summed E-state index contributed by atoms with van der Waals surface area (Å²) in [5, 5.41) is 12.4. The zero-order valence-electron chi connectivity index (χ0n) is 10.3. The fourth-order valence-electron chi connectivity index (χ4n) is 3.88. The molecule has 1 amide bonds. The van der Waals surface area contributed by atoms with Crippen molar-refractivity contribution in [1.82, 2.24) is 5.32 Å². The number of carboxylic acids is 1. The fraction of sp³-hybridized carbons (Fsp3) is 0.846. The highest BCUT2D eigenvalue weighted by Crippen LogP contribution is 2.48. The van der Waals surface area contributed by atoms with Gasteiger partial charge < -0.3 is 10.4 Å². The lowest BCUT2D eigenvalue weighted by molar-refractivity contribution is -0.144. The van der Waals surface area contributed by atoms with E-state index in [-0.39, 0.29) is 29.7 Å². The molecule has 1 saturated heterocycles. The molecule has 3 rings (SSSR count). The Hall–Kier alpha value is -0.710. The van der Waals surface area contributed by atoms with E-state index in [1.165, 1.54) is 0 Å². The molecule has 1 heterocycles. The largest absolute Gasteiger partial charge is 0.481 e. The number of carbonyl (C=O) groups is 2. The Kier molecular flexibility index (Phi) is 3.26. The van der Waals surface area contributed by atoms with E-state index in [4.69, 9.17) is 0 Å². The van der Waals surface area contributed by atoms with Crippen molar-refractivity contribution < 1.29 is 14.7 Å². The number of fused-ring (bicyclic) bond motifs is 2. The summed E-state index contributed by atoms with van der Waals surface area (Å²) in [4.78, 5) is 23.5. The molecule has 5 atom stereocenters. The maximum atomic E-state index is 12.1. The standard InChI is InChI=1S/C13H19NO3S/c15-12(9-3-4-18-6-9)14-11-8-2-1-7(5-8)10(11)13(16)17/h7-11H,1-6H2,(H,14,15)(H,16,17). The maximum Gasteiger partial charge on any atom is 0.308 e. The van der Waals surface area contributed by atoms with Crippen LogP contribution >= 0.6 is 11.8 Å². The molecule has 5 unspecified atom stereocenters. The van der Waals surface area contributed by atoms with E-state index < -0.39 is 5.97 Å². The molecule has 0 aromatic carbocycles. The summed E-state index contributed by atoms with van der Waals surface area (Å²) in [5.74, 6) is 1.74. The number of carbonyl (C=O) groups excluding carboxylic acids is 1. The highest BCUT2D eigenvalue weighted by Gasteiger charge is 2.51. The molecule has 100 valence electrons. The number of carboxylic acid groups (broad SMARTS) is 1. The van der Waals surface area contributed by atoms with Crippen molar-refractivity contribution in [3.8, 4) is 0 Å². The van der Waals surface area contributed by atoms with E-state index >= 15 is 0 Å². The molecular formula is C13H19NO3S. The Morgan fingerprint density at radius 3 is 2.61 bits per heavy atom. The summed E-state index contributed by atoms with van der Waals surface area (Å²) in [6.45, 7) is 0. The van der Waals surface area contributed by atoms with Gasteiger partial charge in [-0.25, -0.2) is 0 Å². The molecule has 3 aliphatic rings. The minimum absolute atomic E-state index is 0.0869. The highest BCUT2D eigenvalue weighted by molar-refractivity contribution is 7.99. The summed E-state index contributed by atoms with van der Waals surface area (Å²) in [7, 11) is 0. The second-order valence-corrected chi connectivity index (χ2v) is 6.94. The number of hydrogen-bond donors (Lipinski definition) is 2. The highest BCUT2D eigenvalue weighted by atomic mass is 32.2. The van der Waals surface area contributed by atoms with Gasteiger partial charge in [0, 0.05) is 17.7 Å². The third kappa shape index (κ3) is 2.02. The Bertz CT molecular complexity index is 367. The normalized spacial score (nSPS) is 42.1. The van der Waals surface area contributed by atoms with E-state index in [0.717, 1.165) is 37.2 Å². The summed E-state index contributed by atoms with van der Waals surface area (Å²) < 4.78 is 0. The van der Waals surface area contributed by atoms with Crippen LogP contribution < -0.4 is 5.32 Å². The van der Waals surface area contributed by atoms with E-state index in [1.54, 1.807) is 0 Å². The van der Waals surface area contributed by atoms with Crippen LogP contribution in [-0.2, 0) is 9.59 Å². The fourth-order valence-corrected chi connectivity index (χ4v) is 5.10. The lowest BCUT2D eigenvalue weighted by Crippen LogP contribution is -2.48. The van der Waals surface area contributed by atoms with Crippen molar-refractivity contribution in [2.75, 3.05) is 11.5 Å². The third-order valence-electron chi connectivity index (χ3n) is 4.81. The van der Waals surface area contributed by atoms with Crippen molar-refractivity contribution in [2.24, 2.45) is 23.7 Å². The van der Waals surface area contributed by atoms with Gasteiger partial charge in [-0.05, 0) is 43.3 Å². The van der Waals surface area contributed by atoms with Crippen LogP contribution in [0, 0.1) is 23.7 Å². The second kappa shape index (κ2) is 4.76. The molecule has 1 aliphatic heterocycles. The van der Waals surface area contributed by atoms with Crippen LogP contribution in [0.5, 0.6) is 0 Å². The molecule has 0 aromatic heterocycles. The van der Waals surface area contributed by atoms with Crippen LogP contribution in [0.4, 0.5) is 0 Å². The van der Waals surface area contributed by atoms with Gasteiger partial charge in [0.25, 0.3) is 0 Å². The monoisotopic (exact) mass is 269 g/mol. The van der Waals surface area contributed by atoms with Crippen molar-refractivity contribution in [1.29, 1.82) is 0 Å². The predicted molar refractivity (Wildman–Crippen MR) is 69.3 cm³/mol. The van der Waals surface area contributed by atoms with Crippen LogP contribution in [0.25, 0.3) is 0 Å². The lowest BCUT2D eigenvalue weighted by atomic mass is 9.84. The molecular weight excluding hydrogens is 250 g/mol. The minimum Gasteiger partial charge on any atom is -0.481 e. The summed E-state index contributed by atoms with van der Waals surface area (Å²) >= 11 is 1.81. The summed E-state index contributed by atoms with van der Waals surface area (Å²) in [6, 6.07) is -0.112. The number of hydrogen-bond acceptors (Lipinski definition) is 3. The smallest absolute Gasteiger partial charge is 0.308 e. The summed E-state index contributed by atoms with van der Waals surface area (Å²) in [6.07, 6.45) is 4.03. The Labute approximate surface area is 111 Å². The van der Waals surface area contributed by atoms with Crippen LogP contribution in [0.15, 0.2) is 0 Å². The van der Waals surface area contributed by atoms with E-state index in [1.807, 2.05) is 11.8 Å². The molecule has 4 nitrogen and oxygen atoms in total. The number of amides is 1. The Morgan fingerprint density at radius 1 is 1.17 bits per heavy atom. The number of nitrogens with one attached hydrogen (secondary N) is 1. The first-order valence-corrected chi connectivity index (χ1v) is 7.93. The first-order valence-electron chi connectivity index (χ1n) is 6.77. The lowest BCUT2D eigenvalue weighted by Gasteiger charge is -2.29. The average Bonchev–Trinajstić information content (AvgIpc) is 3.05. The molecule has 0 aromatic rings. The van der Waals surface area contributed by atoms with Gasteiger partial charge in [-0.3, -0.25) is 9.59 Å². The third-order valence-corrected chi connectivity index (χ3v) is 5.97. The molecule has 0 spiro atoms. The van der Waals surface area contributed by atoms with Crippen LogP contribution in [0.2, 0.25) is 0 Å². The molecule has 2 aliphatic carbocycles. The van der Waals surface area contributed by atoms with Gasteiger partial charge in [0.1, 0.15) is 0 Å². The zero-order chi connectivity index (χ0) is 12.7. The molecule has 5 heteroatoms. The second-order valence-electron chi connectivity index (χ2n) is 5.79. The zero-order valence-corrected chi connectivity index (χ0v) is 11.1. The SMILES string of the molecule is O=C(NC1C2CCC(C2)C1C(=O)O)C1CCSC1. The van der Waals surface area contributed by atoms with Gasteiger partial charge in [-0.1, -0.05) is 0 Å². The molecule has 0 radical (unpaired) electrons. The average molecular weight is 269 g/mol. The van der Waals surface area contributed by atoms with Crippen molar-refractivity contribution in [3.63, 3.8) is 0 Å². The number of aliphatic carboxylic acids is 1. The molecule has 3 fully saturated rings. The summed E-state index contributed by atoms with van der Waals surface area (Å²) in [5.41, 5.74) is 0. The van der Waals surface area contributed by atoms with Gasteiger partial charge in [0.2, 0.25) is 5.91 Å². The molecule has 18 heavy (non-hydrogen) atoms. The van der Waals surface area contributed by atoms with E-state index in [0.29, 0.717) is 5.92 Å². The number of thioether (sulfide) groups is 1. The van der Waals surface area contributed by atoms with Crippen molar-refractivity contribution >= 4 is 23.6 Å². The van der Waals surface area contributed by atoms with Gasteiger partial charge in [-0.15, -0.1) is 0 Å². The van der Waals surface area contributed by atoms with E-state index in [2.05, 4.69) is 5.32 Å². The van der Waals surface area contributed by atoms with Gasteiger partial charge >= 0.3 is 5.97 Å². The first-order chi connectivity index (χ1) is 8.66. The van der Waals surface area contributed by atoms with Crippen LogP contribution in [0.3, 0.4) is 0 Å². The van der Waals surface area contributed by atoms with Crippen molar-refractivity contribution in [2.45, 2.75) is 31.7 Å². The minimum atomic E-state index is -0.728. The van der Waals surface area contributed by atoms with E-state index in [9.17, 15) is 14.7 Å². The van der Waals surface area contributed by atoms with Gasteiger partial charge in [0.15, 0.2) is 0 Å². The van der Waals surface area contributed by atoms with Crippen molar-refractivity contribution in [3.05, 3.63) is 0 Å². The molecule has 2 N–H and O–H groups in total. The molecule has 2 bridgehead atoms. The molecule has 2 saturated carbocycles. The topological polar surface area (TPSA) is 66.4 Å². The van der Waals surface area contributed by atoms with Crippen LogP contribution in [-0.4, -0.2) is 34.5 Å². The van der Waals surface area contributed by atoms with Gasteiger partial charge in [-0.2, -0.15) is 11.8 Å².